The molecule has 0 spiro atoms. The lowest BCUT2D eigenvalue weighted by atomic mass is 10.0. The predicted molar refractivity (Wildman–Crippen MR) is 174 cm³/mol. The molecule has 0 amide bonds. The number of aromatic nitrogens is 3. The van der Waals surface area contributed by atoms with Crippen LogP contribution in [0, 0.1) is 0 Å². The first-order valence-corrected chi connectivity index (χ1v) is 14.3. The monoisotopic (exact) mass is 552 g/mol. The lowest BCUT2D eigenvalue weighted by Gasteiger charge is -2.33. The fourth-order valence-corrected chi connectivity index (χ4v) is 6.37. The molecule has 3 aromatic heterocycles. The summed E-state index contributed by atoms with van der Waals surface area (Å²) in [5.41, 5.74) is 9.26. The minimum atomic E-state index is 0.799. The Morgan fingerprint density at radius 3 is 2.33 bits per heavy atom. The zero-order chi connectivity index (χ0) is 28.3. The van der Waals surface area contributed by atoms with Gasteiger partial charge in [0.1, 0.15) is 5.65 Å². The number of anilines is 3. The number of fused-ring (bicyclic) bond motifs is 6. The van der Waals surface area contributed by atoms with Crippen LogP contribution in [0.1, 0.15) is 0 Å². The number of nitrogens with zero attached hydrogens (tertiary/aromatic N) is 4. The summed E-state index contributed by atoms with van der Waals surface area (Å²) in [4.78, 5) is 11.8. The summed E-state index contributed by atoms with van der Waals surface area (Å²) in [6.07, 6.45) is 3.71. The molecule has 5 aromatic carbocycles. The van der Waals surface area contributed by atoms with Crippen molar-refractivity contribution in [2.75, 3.05) is 4.90 Å². The molecule has 0 atom stereocenters. The SMILES string of the molecule is c1cc(-c2cccc3cccnc23)cc(N2c3ccccc3Oc3ccc(-n4c5ccccc5c5cccnc54)cc32)c1. The molecule has 4 heterocycles. The van der Waals surface area contributed by atoms with E-state index in [1.54, 1.807) is 0 Å². The largest absolute Gasteiger partial charge is 0.453 e. The molecular formula is C38H24N4O. The van der Waals surface area contributed by atoms with E-state index in [1.807, 2.05) is 36.7 Å². The minimum absolute atomic E-state index is 0.799. The van der Waals surface area contributed by atoms with Crippen LogP contribution in [0.5, 0.6) is 11.5 Å². The summed E-state index contributed by atoms with van der Waals surface area (Å²) in [5, 5.41) is 3.43. The van der Waals surface area contributed by atoms with Crippen molar-refractivity contribution in [1.82, 2.24) is 14.5 Å². The second-order valence-corrected chi connectivity index (χ2v) is 10.7. The summed E-state index contributed by atoms with van der Waals surface area (Å²) in [6, 6.07) is 46.3. The number of rotatable bonds is 3. The topological polar surface area (TPSA) is 43.2 Å². The van der Waals surface area contributed by atoms with Crippen LogP contribution < -0.4 is 9.64 Å². The fraction of sp³-hybridized carbons (Fsp3) is 0. The van der Waals surface area contributed by atoms with E-state index in [4.69, 9.17) is 14.7 Å². The Bertz CT molecular complexity index is 2300. The lowest BCUT2D eigenvalue weighted by molar-refractivity contribution is 0.477. The Kier molecular flexibility index (Phi) is 5.13. The van der Waals surface area contributed by atoms with Gasteiger partial charge < -0.3 is 9.64 Å². The van der Waals surface area contributed by atoms with E-state index in [0.717, 1.165) is 72.8 Å². The molecule has 1 aliphatic rings. The van der Waals surface area contributed by atoms with Gasteiger partial charge in [0.25, 0.3) is 0 Å². The van der Waals surface area contributed by atoms with Gasteiger partial charge in [-0.05, 0) is 72.3 Å². The van der Waals surface area contributed by atoms with E-state index in [2.05, 4.69) is 119 Å². The van der Waals surface area contributed by atoms with E-state index < -0.39 is 0 Å². The molecule has 0 saturated carbocycles. The Morgan fingerprint density at radius 2 is 1.33 bits per heavy atom. The van der Waals surface area contributed by atoms with E-state index >= 15 is 0 Å². The van der Waals surface area contributed by atoms with Crippen molar-refractivity contribution in [3.05, 3.63) is 146 Å². The molecule has 5 nitrogen and oxygen atoms in total. The molecule has 0 bridgehead atoms. The first-order chi connectivity index (χ1) is 21.3. The molecule has 0 N–H and O–H groups in total. The van der Waals surface area contributed by atoms with E-state index in [-0.39, 0.29) is 0 Å². The van der Waals surface area contributed by atoms with Crippen LogP contribution in [0.25, 0.3) is 49.7 Å². The Morgan fingerprint density at radius 1 is 0.535 bits per heavy atom. The Hall–Kier alpha value is -5.94. The molecule has 0 radical (unpaired) electrons. The molecule has 202 valence electrons. The van der Waals surface area contributed by atoms with Gasteiger partial charge in [-0.15, -0.1) is 0 Å². The molecule has 1 aliphatic heterocycles. The number of pyridine rings is 2. The van der Waals surface area contributed by atoms with Crippen LogP contribution in [0.15, 0.2) is 146 Å². The van der Waals surface area contributed by atoms with Crippen LogP contribution in [0.4, 0.5) is 17.1 Å². The van der Waals surface area contributed by atoms with Crippen molar-refractivity contribution in [1.29, 1.82) is 0 Å². The highest BCUT2D eigenvalue weighted by molar-refractivity contribution is 6.08. The summed E-state index contributed by atoms with van der Waals surface area (Å²) in [7, 11) is 0. The molecular weight excluding hydrogens is 528 g/mol. The average molecular weight is 553 g/mol. The van der Waals surface area contributed by atoms with Gasteiger partial charge in [0.15, 0.2) is 11.5 Å². The number of hydrogen-bond acceptors (Lipinski definition) is 4. The third-order valence-corrected chi connectivity index (χ3v) is 8.25. The van der Waals surface area contributed by atoms with Crippen LogP contribution in [0.3, 0.4) is 0 Å². The van der Waals surface area contributed by atoms with Gasteiger partial charge in [0, 0.05) is 45.5 Å². The number of para-hydroxylation sites is 4. The van der Waals surface area contributed by atoms with Crippen LogP contribution in [-0.4, -0.2) is 14.5 Å². The highest BCUT2D eigenvalue weighted by atomic mass is 16.5. The average Bonchev–Trinajstić information content (AvgIpc) is 3.41. The second kappa shape index (κ2) is 9.29. The standard InChI is InChI=1S/C38H24N4O/c1-2-16-32-30(13-1)31-15-8-22-40-38(31)42(32)28-19-20-36-34(24-28)41(33-17-3-4-18-35(33)43-36)27-12-5-10-26(23-27)29-14-6-9-25-11-7-21-39-37(25)29/h1-24H. The lowest BCUT2D eigenvalue weighted by Crippen LogP contribution is -2.16. The van der Waals surface area contributed by atoms with Crippen molar-refractivity contribution in [2.45, 2.75) is 0 Å². The molecule has 8 aromatic rings. The quantitative estimate of drug-likeness (QED) is 0.219. The van der Waals surface area contributed by atoms with E-state index in [1.165, 1.54) is 5.39 Å². The Labute approximate surface area is 247 Å². The van der Waals surface area contributed by atoms with Crippen molar-refractivity contribution in [3.63, 3.8) is 0 Å². The van der Waals surface area contributed by atoms with Gasteiger partial charge in [-0.2, -0.15) is 0 Å². The zero-order valence-electron chi connectivity index (χ0n) is 23.1. The summed E-state index contributed by atoms with van der Waals surface area (Å²) < 4.78 is 8.71. The second-order valence-electron chi connectivity index (χ2n) is 10.7. The first kappa shape index (κ1) is 23.7. The van der Waals surface area contributed by atoms with Gasteiger partial charge in [-0.1, -0.05) is 66.7 Å². The number of benzene rings is 5. The van der Waals surface area contributed by atoms with Crippen LogP contribution in [0.2, 0.25) is 0 Å². The third kappa shape index (κ3) is 3.65. The van der Waals surface area contributed by atoms with Gasteiger partial charge in [0.2, 0.25) is 0 Å². The maximum absolute atomic E-state index is 6.47. The molecule has 5 heteroatoms. The smallest absolute Gasteiger partial charge is 0.151 e. The highest BCUT2D eigenvalue weighted by Gasteiger charge is 2.27. The highest BCUT2D eigenvalue weighted by Crippen LogP contribution is 2.51. The summed E-state index contributed by atoms with van der Waals surface area (Å²) in [5.74, 6) is 1.62. The fourth-order valence-electron chi connectivity index (χ4n) is 6.37. The Balaban J connectivity index is 1.26. The minimum Gasteiger partial charge on any atom is -0.453 e. The van der Waals surface area contributed by atoms with Crippen LogP contribution >= 0.6 is 0 Å². The maximum atomic E-state index is 6.47. The molecule has 0 unspecified atom stereocenters. The van der Waals surface area contributed by atoms with Gasteiger partial charge in [-0.3, -0.25) is 9.55 Å². The summed E-state index contributed by atoms with van der Waals surface area (Å²) in [6.45, 7) is 0. The number of hydrogen-bond donors (Lipinski definition) is 0. The normalized spacial score (nSPS) is 12.3. The van der Waals surface area contributed by atoms with Crippen molar-refractivity contribution < 1.29 is 4.74 Å². The molecule has 43 heavy (non-hydrogen) atoms. The molecule has 0 fully saturated rings. The number of ether oxygens (including phenoxy) is 1. The predicted octanol–water partition coefficient (Wildman–Crippen LogP) is 9.97. The van der Waals surface area contributed by atoms with Crippen molar-refractivity contribution in [3.8, 4) is 28.3 Å². The summed E-state index contributed by atoms with van der Waals surface area (Å²) >= 11 is 0. The van der Waals surface area contributed by atoms with Gasteiger partial charge in [-0.25, -0.2) is 4.98 Å². The molecule has 0 aliphatic carbocycles. The van der Waals surface area contributed by atoms with Crippen LogP contribution in [-0.2, 0) is 0 Å². The van der Waals surface area contributed by atoms with E-state index in [0.29, 0.717) is 0 Å². The van der Waals surface area contributed by atoms with E-state index in [9.17, 15) is 0 Å². The first-order valence-electron chi connectivity index (χ1n) is 14.3. The molecule has 9 rings (SSSR count). The zero-order valence-corrected chi connectivity index (χ0v) is 23.1. The van der Waals surface area contributed by atoms with Crippen molar-refractivity contribution >= 4 is 49.9 Å². The van der Waals surface area contributed by atoms with Gasteiger partial charge >= 0.3 is 0 Å². The maximum Gasteiger partial charge on any atom is 0.151 e. The molecule has 0 saturated heterocycles. The third-order valence-electron chi connectivity index (χ3n) is 8.25. The van der Waals surface area contributed by atoms with Gasteiger partial charge in [0.05, 0.1) is 22.4 Å². The van der Waals surface area contributed by atoms with Crippen molar-refractivity contribution in [2.24, 2.45) is 0 Å².